The van der Waals surface area contributed by atoms with Crippen molar-refractivity contribution in [3.8, 4) is 0 Å². The summed E-state index contributed by atoms with van der Waals surface area (Å²) in [6.07, 6.45) is 3.83. The number of nitrogens with zero attached hydrogens (tertiary/aromatic N) is 1. The molecule has 1 heterocycles. The van der Waals surface area contributed by atoms with Crippen molar-refractivity contribution in [1.82, 2.24) is 10.2 Å². The third-order valence-corrected chi connectivity index (χ3v) is 4.17. The van der Waals surface area contributed by atoms with Gasteiger partial charge < -0.3 is 16.0 Å². The predicted octanol–water partition coefficient (Wildman–Crippen LogP) is 2.05. The monoisotopic (exact) mass is 289 g/mol. The Labute approximate surface area is 127 Å². The lowest BCUT2D eigenvalue weighted by Gasteiger charge is -2.30. The Morgan fingerprint density at radius 1 is 1.43 bits per heavy atom. The van der Waals surface area contributed by atoms with Crippen molar-refractivity contribution in [2.24, 2.45) is 5.92 Å². The van der Waals surface area contributed by atoms with Crippen molar-refractivity contribution in [3.05, 3.63) is 29.8 Å². The third kappa shape index (κ3) is 5.38. The maximum absolute atomic E-state index is 11.9. The van der Waals surface area contributed by atoms with E-state index in [4.69, 9.17) is 5.73 Å². The summed E-state index contributed by atoms with van der Waals surface area (Å²) in [6.45, 7) is 6.34. The molecule has 0 bridgehead atoms. The van der Waals surface area contributed by atoms with E-state index in [0.29, 0.717) is 12.8 Å². The minimum atomic E-state index is 0.114. The van der Waals surface area contributed by atoms with Gasteiger partial charge in [-0.15, -0.1) is 0 Å². The number of nitrogen functional groups attached to an aromatic ring is 1. The summed E-state index contributed by atoms with van der Waals surface area (Å²) in [5, 5.41) is 3.01. The molecule has 0 aromatic heterocycles. The molecule has 2 rings (SSSR count). The number of piperidine rings is 1. The van der Waals surface area contributed by atoms with E-state index < -0.39 is 0 Å². The maximum Gasteiger partial charge on any atom is 0.220 e. The van der Waals surface area contributed by atoms with Crippen molar-refractivity contribution in [2.75, 3.05) is 31.9 Å². The van der Waals surface area contributed by atoms with Crippen molar-refractivity contribution < 1.29 is 4.79 Å². The standard InChI is InChI=1S/C17H27N3O/c1-14-5-4-11-20(13-14)12-10-19-17(21)9-8-15-6-2-3-7-16(15)18/h2-3,6-7,14H,4-5,8-13,18H2,1H3,(H,19,21). The molecule has 21 heavy (non-hydrogen) atoms. The number of hydrogen-bond acceptors (Lipinski definition) is 3. The molecule has 3 N–H and O–H groups in total. The van der Waals surface area contributed by atoms with Gasteiger partial charge in [-0.3, -0.25) is 4.79 Å². The number of carbonyl (C=O) groups excluding carboxylic acids is 1. The smallest absolute Gasteiger partial charge is 0.220 e. The average Bonchev–Trinajstić information content (AvgIpc) is 2.46. The quantitative estimate of drug-likeness (QED) is 0.788. The van der Waals surface area contributed by atoms with Gasteiger partial charge in [-0.25, -0.2) is 0 Å². The van der Waals surface area contributed by atoms with Crippen molar-refractivity contribution >= 4 is 11.6 Å². The topological polar surface area (TPSA) is 58.4 Å². The second-order valence-electron chi connectivity index (χ2n) is 6.10. The first-order valence-corrected chi connectivity index (χ1v) is 7.97. The molecule has 116 valence electrons. The van der Waals surface area contributed by atoms with Gasteiger partial charge in [0.15, 0.2) is 0 Å². The van der Waals surface area contributed by atoms with Crippen LogP contribution >= 0.6 is 0 Å². The number of rotatable bonds is 6. The number of aryl methyl sites for hydroxylation is 1. The van der Waals surface area contributed by atoms with Crippen molar-refractivity contribution in [2.45, 2.75) is 32.6 Å². The first-order valence-electron chi connectivity index (χ1n) is 7.97. The molecule has 1 saturated heterocycles. The van der Waals surface area contributed by atoms with Crippen LogP contribution in [0.4, 0.5) is 5.69 Å². The number of nitrogens with two attached hydrogens (primary N) is 1. The van der Waals surface area contributed by atoms with E-state index in [-0.39, 0.29) is 5.91 Å². The number of benzene rings is 1. The number of carbonyl (C=O) groups is 1. The van der Waals surface area contributed by atoms with Gasteiger partial charge >= 0.3 is 0 Å². The Bertz CT molecular complexity index is 461. The molecule has 1 aromatic carbocycles. The molecule has 1 aromatic rings. The summed E-state index contributed by atoms with van der Waals surface area (Å²) in [6, 6.07) is 7.74. The van der Waals surface area contributed by atoms with Gasteiger partial charge in [-0.05, 0) is 43.4 Å². The van der Waals surface area contributed by atoms with Crippen LogP contribution in [0.3, 0.4) is 0 Å². The molecule has 4 nitrogen and oxygen atoms in total. The van der Waals surface area contributed by atoms with E-state index in [2.05, 4.69) is 17.1 Å². The van der Waals surface area contributed by atoms with E-state index in [1.165, 1.54) is 19.4 Å². The number of anilines is 1. The minimum Gasteiger partial charge on any atom is -0.399 e. The third-order valence-electron chi connectivity index (χ3n) is 4.17. The Kier molecular flexibility index (Phi) is 6.05. The van der Waals surface area contributed by atoms with Crippen LogP contribution in [0, 0.1) is 5.92 Å². The number of nitrogens with one attached hydrogen (secondary N) is 1. The van der Waals surface area contributed by atoms with Gasteiger partial charge in [0, 0.05) is 31.7 Å². The van der Waals surface area contributed by atoms with Gasteiger partial charge in [0.2, 0.25) is 5.91 Å². The molecule has 4 heteroatoms. The second-order valence-corrected chi connectivity index (χ2v) is 6.10. The molecule has 0 radical (unpaired) electrons. The first-order chi connectivity index (χ1) is 10.1. The van der Waals surface area contributed by atoms with Gasteiger partial charge in [0.1, 0.15) is 0 Å². The molecular weight excluding hydrogens is 262 g/mol. The fourth-order valence-electron chi connectivity index (χ4n) is 2.94. The Morgan fingerprint density at radius 2 is 2.24 bits per heavy atom. The number of hydrogen-bond donors (Lipinski definition) is 2. The summed E-state index contributed by atoms with van der Waals surface area (Å²) < 4.78 is 0. The summed E-state index contributed by atoms with van der Waals surface area (Å²) in [7, 11) is 0. The lowest BCUT2D eigenvalue weighted by molar-refractivity contribution is -0.121. The molecule has 1 amide bonds. The van der Waals surface area contributed by atoms with Gasteiger partial charge in [-0.1, -0.05) is 25.1 Å². The average molecular weight is 289 g/mol. The normalized spacial score (nSPS) is 19.4. The van der Waals surface area contributed by atoms with E-state index in [9.17, 15) is 4.79 Å². The van der Waals surface area contributed by atoms with E-state index in [1.54, 1.807) is 0 Å². The maximum atomic E-state index is 11.9. The molecular formula is C17H27N3O. The van der Waals surface area contributed by atoms with E-state index in [0.717, 1.165) is 36.8 Å². The van der Waals surface area contributed by atoms with Crippen LogP contribution in [-0.2, 0) is 11.2 Å². The number of likely N-dealkylation sites (tertiary alicyclic amines) is 1. The fraction of sp³-hybridized carbons (Fsp3) is 0.588. The molecule has 1 aliphatic heterocycles. The first kappa shape index (κ1) is 15.8. The zero-order valence-electron chi connectivity index (χ0n) is 13.0. The lowest BCUT2D eigenvalue weighted by atomic mass is 10.0. The molecule has 0 saturated carbocycles. The van der Waals surface area contributed by atoms with Crippen molar-refractivity contribution in [3.63, 3.8) is 0 Å². The van der Waals surface area contributed by atoms with Crippen LogP contribution in [0.25, 0.3) is 0 Å². The molecule has 1 aliphatic rings. The molecule has 0 aliphatic carbocycles. The molecule has 0 spiro atoms. The zero-order chi connectivity index (χ0) is 15.1. The Hall–Kier alpha value is -1.55. The number of para-hydroxylation sites is 1. The van der Waals surface area contributed by atoms with Crippen LogP contribution in [0.15, 0.2) is 24.3 Å². The molecule has 1 atom stereocenters. The van der Waals surface area contributed by atoms with E-state index in [1.807, 2.05) is 24.3 Å². The van der Waals surface area contributed by atoms with Crippen LogP contribution in [0.2, 0.25) is 0 Å². The summed E-state index contributed by atoms with van der Waals surface area (Å²) in [5.41, 5.74) is 7.70. The Balaban J connectivity index is 1.62. The van der Waals surface area contributed by atoms with Crippen LogP contribution in [-0.4, -0.2) is 37.0 Å². The van der Waals surface area contributed by atoms with Crippen LogP contribution in [0.1, 0.15) is 31.7 Å². The van der Waals surface area contributed by atoms with E-state index >= 15 is 0 Å². The largest absolute Gasteiger partial charge is 0.399 e. The van der Waals surface area contributed by atoms with Crippen molar-refractivity contribution in [1.29, 1.82) is 0 Å². The van der Waals surface area contributed by atoms with Crippen LogP contribution in [0.5, 0.6) is 0 Å². The van der Waals surface area contributed by atoms with Gasteiger partial charge in [0.25, 0.3) is 0 Å². The highest BCUT2D eigenvalue weighted by molar-refractivity contribution is 5.76. The molecule has 1 fully saturated rings. The minimum absolute atomic E-state index is 0.114. The summed E-state index contributed by atoms with van der Waals surface area (Å²) in [5.74, 6) is 0.902. The van der Waals surface area contributed by atoms with Gasteiger partial charge in [-0.2, -0.15) is 0 Å². The Morgan fingerprint density at radius 3 is 3.00 bits per heavy atom. The fourth-order valence-corrected chi connectivity index (χ4v) is 2.94. The van der Waals surface area contributed by atoms with Crippen LogP contribution < -0.4 is 11.1 Å². The highest BCUT2D eigenvalue weighted by Gasteiger charge is 2.15. The summed E-state index contributed by atoms with van der Waals surface area (Å²) in [4.78, 5) is 14.3. The second kappa shape index (κ2) is 8.03. The highest BCUT2D eigenvalue weighted by atomic mass is 16.1. The summed E-state index contributed by atoms with van der Waals surface area (Å²) >= 11 is 0. The lowest BCUT2D eigenvalue weighted by Crippen LogP contribution is -2.40. The SMILES string of the molecule is CC1CCCN(CCNC(=O)CCc2ccccc2N)C1. The highest BCUT2D eigenvalue weighted by Crippen LogP contribution is 2.14. The zero-order valence-corrected chi connectivity index (χ0v) is 13.0. The van der Waals surface area contributed by atoms with Gasteiger partial charge in [0.05, 0.1) is 0 Å². The molecule has 1 unspecified atom stereocenters. The predicted molar refractivity (Wildman–Crippen MR) is 87.0 cm³/mol. The number of amides is 1.